The molecule has 0 radical (unpaired) electrons. The highest BCUT2D eigenvalue weighted by atomic mass is 32.2. The predicted octanol–water partition coefficient (Wildman–Crippen LogP) is 18.4. The lowest BCUT2D eigenvalue weighted by Crippen LogP contribution is -2.45. The summed E-state index contributed by atoms with van der Waals surface area (Å²) >= 11 is 1.89. The van der Waals surface area contributed by atoms with Crippen molar-refractivity contribution in [2.24, 2.45) is 15.9 Å². The van der Waals surface area contributed by atoms with Crippen molar-refractivity contribution in [3.8, 4) is 44.5 Å². The molecule has 2 spiro atoms. The van der Waals surface area contributed by atoms with Crippen LogP contribution in [0.1, 0.15) is 81.5 Å². The van der Waals surface area contributed by atoms with Crippen molar-refractivity contribution < 1.29 is 0 Å². The Labute approximate surface area is 461 Å². The van der Waals surface area contributed by atoms with E-state index >= 15 is 0 Å². The van der Waals surface area contributed by atoms with Crippen LogP contribution in [-0.4, -0.2) is 11.5 Å². The second kappa shape index (κ2) is 18.1. The van der Waals surface area contributed by atoms with Gasteiger partial charge < -0.3 is 0 Å². The standard InChI is InChI=1S/C75H54N2S/c1-49-48-73(49,58-45-43-55(44-46-58)53-23-7-4-8-24-53)77-72(76-50(2)51-39-41-54(42-40-51)52-21-5-3-6-22-52)57-26-19-25-56(47-57)59-28-20-36-68-71(59)60-27-9-10-29-61(60)74(68)62-30-11-13-32-64(62)75(65-33-14-12-31-63(65)74)66-34-15-17-37-69(66)78-70-38-18-16-35-67(70)75/h3-47,49H,48H2,1-2H3. The average Bonchev–Trinajstić information content (AvgIpc) is 4.16. The van der Waals surface area contributed by atoms with Crippen LogP contribution in [0.4, 0.5) is 0 Å². The minimum atomic E-state index is -0.596. The summed E-state index contributed by atoms with van der Waals surface area (Å²) in [6, 6.07) is 101. The van der Waals surface area contributed by atoms with Crippen LogP contribution in [0, 0.1) is 5.92 Å². The summed E-state index contributed by atoms with van der Waals surface area (Å²) in [5.74, 6) is 1.09. The van der Waals surface area contributed by atoms with E-state index in [-0.39, 0.29) is 0 Å². The van der Waals surface area contributed by atoms with Gasteiger partial charge in [0, 0.05) is 21.1 Å². The third-order valence-corrected chi connectivity index (χ3v) is 18.7. The third kappa shape index (κ3) is 6.90. The molecule has 1 saturated carbocycles. The maximum atomic E-state index is 5.84. The van der Waals surface area contributed by atoms with E-state index in [0.29, 0.717) is 5.92 Å². The molecule has 0 aromatic heterocycles. The predicted molar refractivity (Wildman–Crippen MR) is 323 cm³/mol. The van der Waals surface area contributed by atoms with Gasteiger partial charge in [0.15, 0.2) is 5.84 Å². The Morgan fingerprint density at radius 2 is 0.808 bits per heavy atom. The van der Waals surface area contributed by atoms with Gasteiger partial charge >= 0.3 is 0 Å². The number of aliphatic imine (C=N–C) groups is 2. The first kappa shape index (κ1) is 46.4. The zero-order chi connectivity index (χ0) is 52.0. The van der Waals surface area contributed by atoms with Crippen molar-refractivity contribution in [3.05, 3.63) is 334 Å². The smallest absolute Gasteiger partial charge is 0.155 e. The van der Waals surface area contributed by atoms with Gasteiger partial charge in [-0.1, -0.05) is 273 Å². The molecular weight excluding hydrogens is 961 g/mol. The van der Waals surface area contributed by atoms with Crippen LogP contribution in [0.15, 0.2) is 293 Å². The molecular formula is C75H54N2S. The van der Waals surface area contributed by atoms with E-state index in [0.717, 1.165) is 34.7 Å². The van der Waals surface area contributed by atoms with Crippen molar-refractivity contribution in [1.82, 2.24) is 0 Å². The van der Waals surface area contributed by atoms with Gasteiger partial charge in [-0.25, -0.2) is 4.99 Å². The Kier molecular flexibility index (Phi) is 10.8. The fourth-order valence-electron chi connectivity index (χ4n) is 13.8. The summed E-state index contributed by atoms with van der Waals surface area (Å²) in [6.07, 6.45) is 0.951. The van der Waals surface area contributed by atoms with Gasteiger partial charge in [-0.05, 0) is 138 Å². The summed E-state index contributed by atoms with van der Waals surface area (Å²) in [6.45, 7) is 4.46. The Bertz CT molecular complexity index is 4130. The van der Waals surface area contributed by atoms with Gasteiger partial charge in [0.1, 0.15) is 0 Å². The maximum Gasteiger partial charge on any atom is 0.155 e. The highest BCUT2D eigenvalue weighted by Crippen LogP contribution is 2.67. The van der Waals surface area contributed by atoms with Crippen LogP contribution < -0.4 is 0 Å². The molecule has 1 heterocycles. The molecule has 0 bridgehead atoms. The second-order valence-electron chi connectivity index (χ2n) is 21.6. The summed E-state index contributed by atoms with van der Waals surface area (Å²) < 4.78 is 0. The minimum absolute atomic E-state index is 0.346. The monoisotopic (exact) mass is 1010 g/mol. The highest BCUT2D eigenvalue weighted by Gasteiger charge is 2.58. The van der Waals surface area contributed by atoms with E-state index in [1.165, 1.54) is 98.8 Å². The van der Waals surface area contributed by atoms with Crippen LogP contribution in [0.3, 0.4) is 0 Å². The van der Waals surface area contributed by atoms with E-state index in [2.05, 4.69) is 287 Å². The number of hydrogen-bond donors (Lipinski definition) is 0. The van der Waals surface area contributed by atoms with Gasteiger partial charge in [0.2, 0.25) is 0 Å². The molecule has 2 unspecified atom stereocenters. The first-order valence-corrected chi connectivity index (χ1v) is 28.2. The fraction of sp³-hybridized carbons (Fsp3) is 0.0933. The molecule has 0 saturated heterocycles. The number of nitrogens with zero attached hydrogens (tertiary/aromatic N) is 2. The number of benzene rings is 11. The molecule has 2 atom stereocenters. The molecule has 370 valence electrons. The number of fused-ring (bicyclic) bond motifs is 15. The van der Waals surface area contributed by atoms with Crippen molar-refractivity contribution in [1.29, 1.82) is 0 Å². The molecule has 3 aliphatic carbocycles. The van der Waals surface area contributed by atoms with Gasteiger partial charge in [-0.3, -0.25) is 4.99 Å². The molecule has 2 nitrogen and oxygen atoms in total. The largest absolute Gasteiger partial charge is 0.254 e. The van der Waals surface area contributed by atoms with Crippen molar-refractivity contribution in [2.45, 2.75) is 46.4 Å². The Balaban J connectivity index is 0.911. The minimum Gasteiger partial charge on any atom is -0.254 e. The summed E-state index contributed by atoms with van der Waals surface area (Å²) in [7, 11) is 0. The fourth-order valence-corrected chi connectivity index (χ4v) is 15.0. The lowest BCUT2D eigenvalue weighted by atomic mass is 9.51. The molecule has 78 heavy (non-hydrogen) atoms. The van der Waals surface area contributed by atoms with E-state index in [9.17, 15) is 0 Å². The number of hydrogen-bond acceptors (Lipinski definition) is 2. The number of rotatable bonds is 7. The molecule has 3 heteroatoms. The third-order valence-electron chi connectivity index (χ3n) is 17.5. The molecule has 11 aromatic rings. The summed E-state index contributed by atoms with van der Waals surface area (Å²) in [5, 5.41) is 0. The van der Waals surface area contributed by atoms with Crippen LogP contribution in [0.25, 0.3) is 44.5 Å². The lowest BCUT2D eigenvalue weighted by molar-refractivity contribution is 0.605. The average molecular weight is 1020 g/mol. The first-order valence-electron chi connectivity index (χ1n) is 27.3. The van der Waals surface area contributed by atoms with Crippen molar-refractivity contribution in [3.63, 3.8) is 0 Å². The second-order valence-corrected chi connectivity index (χ2v) is 22.7. The lowest BCUT2D eigenvalue weighted by Gasteiger charge is -2.51. The van der Waals surface area contributed by atoms with Crippen LogP contribution >= 0.6 is 11.8 Å². The Morgan fingerprint density at radius 1 is 0.385 bits per heavy atom. The quantitative estimate of drug-likeness (QED) is 0.115. The molecule has 1 fully saturated rings. The number of amidine groups is 1. The SMILES string of the molecule is CC(=NC(=NC1(c2ccc(-c3ccccc3)cc2)CC1C)c1cccc(-c2cccc3c2-c2ccccc2C32c3ccccc3C3(c4ccccc4Sc4ccccc43)c3ccccc32)c1)c1ccc(-c2ccccc2)cc1. The topological polar surface area (TPSA) is 24.7 Å². The molecule has 11 aromatic carbocycles. The van der Waals surface area contributed by atoms with Crippen LogP contribution in [0.5, 0.6) is 0 Å². The van der Waals surface area contributed by atoms with E-state index in [1.807, 2.05) is 11.8 Å². The molecule has 0 amide bonds. The van der Waals surface area contributed by atoms with E-state index in [4.69, 9.17) is 9.98 Å². The molecule has 0 N–H and O–H groups in total. The molecule has 4 aliphatic rings. The van der Waals surface area contributed by atoms with Gasteiger partial charge in [-0.15, -0.1) is 0 Å². The van der Waals surface area contributed by atoms with Crippen LogP contribution in [-0.2, 0) is 16.4 Å². The summed E-state index contributed by atoms with van der Waals surface area (Å²) in [4.78, 5) is 14.0. The molecule has 1 aliphatic heterocycles. The zero-order valence-corrected chi connectivity index (χ0v) is 44.4. The van der Waals surface area contributed by atoms with E-state index in [1.54, 1.807) is 0 Å². The summed E-state index contributed by atoms with van der Waals surface area (Å²) in [5.41, 5.74) is 23.0. The Morgan fingerprint density at radius 3 is 1.37 bits per heavy atom. The van der Waals surface area contributed by atoms with E-state index < -0.39 is 16.4 Å². The van der Waals surface area contributed by atoms with Crippen LogP contribution in [0.2, 0.25) is 0 Å². The van der Waals surface area contributed by atoms with Gasteiger partial charge in [0.25, 0.3) is 0 Å². The maximum absolute atomic E-state index is 5.84. The van der Waals surface area contributed by atoms with Gasteiger partial charge in [0.05, 0.1) is 16.4 Å². The van der Waals surface area contributed by atoms with Crippen molar-refractivity contribution in [2.75, 3.05) is 0 Å². The van der Waals surface area contributed by atoms with Gasteiger partial charge in [-0.2, -0.15) is 0 Å². The zero-order valence-electron chi connectivity index (χ0n) is 43.6. The molecule has 15 rings (SSSR count). The first-order chi connectivity index (χ1) is 38.5. The normalized spacial score (nSPS) is 17.8. The highest BCUT2D eigenvalue weighted by molar-refractivity contribution is 7.99. The Hall–Kier alpha value is -8.89. The van der Waals surface area contributed by atoms with Crippen molar-refractivity contribution >= 4 is 23.3 Å².